The third-order valence-corrected chi connectivity index (χ3v) is 4.02. The van der Waals surface area contributed by atoms with Gasteiger partial charge in [0.25, 0.3) is 0 Å². The molecule has 0 radical (unpaired) electrons. The van der Waals surface area contributed by atoms with E-state index in [0.717, 1.165) is 0 Å². The number of anilines is 4. The van der Waals surface area contributed by atoms with E-state index in [1.54, 1.807) is 24.2 Å². The number of nitrogens with zero attached hydrogens (tertiary/aromatic N) is 3. The smallest absolute Gasteiger partial charge is 0.322 e. The Morgan fingerprint density at radius 3 is 2.72 bits per heavy atom. The molecular weight excluding hydrogens is 344 g/mol. The topological polar surface area (TPSA) is 91.4 Å². The third kappa shape index (κ3) is 4.28. The van der Waals surface area contributed by atoms with Crippen molar-refractivity contribution in [2.24, 2.45) is 0 Å². The first-order chi connectivity index (χ1) is 12.2. The van der Waals surface area contributed by atoms with Crippen LogP contribution >= 0.6 is 11.6 Å². The molecule has 1 aliphatic rings. The number of ether oxygens (including phenoxy) is 1. The van der Waals surface area contributed by atoms with Gasteiger partial charge in [-0.25, -0.2) is 9.78 Å². The van der Waals surface area contributed by atoms with E-state index in [9.17, 15) is 4.79 Å². The minimum absolute atomic E-state index is 0.199. The maximum absolute atomic E-state index is 12.3. The highest BCUT2D eigenvalue weighted by Gasteiger charge is 2.18. The molecule has 0 bridgehead atoms. The van der Waals surface area contributed by atoms with Crippen LogP contribution in [-0.4, -0.2) is 54.2 Å². The zero-order valence-corrected chi connectivity index (χ0v) is 14.5. The van der Waals surface area contributed by atoms with Crippen LogP contribution in [0.3, 0.4) is 0 Å². The predicted octanol–water partition coefficient (Wildman–Crippen LogP) is 2.78. The fourth-order valence-electron chi connectivity index (χ4n) is 2.37. The van der Waals surface area contributed by atoms with Gasteiger partial charge in [0.1, 0.15) is 5.69 Å². The minimum atomic E-state index is -0.199. The van der Waals surface area contributed by atoms with E-state index >= 15 is 0 Å². The van der Waals surface area contributed by atoms with Crippen LogP contribution in [0.5, 0.6) is 0 Å². The molecule has 3 rings (SSSR count). The number of carbonyl (C=O) groups is 1. The number of hydrogen-bond donors (Lipinski definition) is 3. The SMILES string of the molecule is CNc1nc(Nc2ccccc2Cl)ncc1NC(=O)N1CCOCC1. The zero-order chi connectivity index (χ0) is 17.6. The summed E-state index contributed by atoms with van der Waals surface area (Å²) in [7, 11) is 1.73. The first-order valence-electron chi connectivity index (χ1n) is 7.87. The molecule has 0 unspecified atom stereocenters. The van der Waals surface area contributed by atoms with Crippen molar-refractivity contribution in [2.75, 3.05) is 49.3 Å². The lowest BCUT2D eigenvalue weighted by atomic mass is 10.3. The molecule has 9 heteroatoms. The highest BCUT2D eigenvalue weighted by Crippen LogP contribution is 2.25. The van der Waals surface area contributed by atoms with E-state index in [0.29, 0.717) is 54.5 Å². The van der Waals surface area contributed by atoms with Gasteiger partial charge in [-0.1, -0.05) is 23.7 Å². The zero-order valence-electron chi connectivity index (χ0n) is 13.8. The van der Waals surface area contributed by atoms with Crippen molar-refractivity contribution in [1.29, 1.82) is 0 Å². The van der Waals surface area contributed by atoms with Gasteiger partial charge in [-0.15, -0.1) is 0 Å². The van der Waals surface area contributed by atoms with Crippen LogP contribution in [0.1, 0.15) is 0 Å². The van der Waals surface area contributed by atoms with Crippen molar-refractivity contribution >= 4 is 40.8 Å². The number of amides is 2. The number of carbonyl (C=O) groups excluding carboxylic acids is 1. The third-order valence-electron chi connectivity index (χ3n) is 3.69. The summed E-state index contributed by atoms with van der Waals surface area (Å²) in [6.07, 6.45) is 1.55. The fourth-order valence-corrected chi connectivity index (χ4v) is 2.55. The molecule has 132 valence electrons. The lowest BCUT2D eigenvalue weighted by molar-refractivity contribution is 0.0564. The maximum atomic E-state index is 12.3. The van der Waals surface area contributed by atoms with E-state index in [2.05, 4.69) is 25.9 Å². The minimum Gasteiger partial charge on any atom is -0.378 e. The van der Waals surface area contributed by atoms with E-state index in [-0.39, 0.29) is 6.03 Å². The Balaban J connectivity index is 1.73. The molecule has 0 aliphatic carbocycles. The average Bonchev–Trinajstić information content (AvgIpc) is 2.65. The molecule has 1 saturated heterocycles. The number of rotatable bonds is 4. The van der Waals surface area contributed by atoms with Crippen LogP contribution in [0.15, 0.2) is 30.5 Å². The van der Waals surface area contributed by atoms with Gasteiger partial charge >= 0.3 is 6.03 Å². The normalized spacial score (nSPS) is 14.1. The molecule has 2 amide bonds. The molecule has 0 atom stereocenters. The summed E-state index contributed by atoms with van der Waals surface area (Å²) in [5.74, 6) is 0.882. The number of aromatic nitrogens is 2. The van der Waals surface area contributed by atoms with Gasteiger partial charge in [0.2, 0.25) is 5.95 Å². The van der Waals surface area contributed by atoms with Gasteiger partial charge in [-0.05, 0) is 12.1 Å². The first-order valence-corrected chi connectivity index (χ1v) is 8.25. The molecule has 25 heavy (non-hydrogen) atoms. The summed E-state index contributed by atoms with van der Waals surface area (Å²) >= 11 is 6.13. The van der Waals surface area contributed by atoms with E-state index < -0.39 is 0 Å². The van der Waals surface area contributed by atoms with Gasteiger partial charge in [-0.3, -0.25) is 0 Å². The Hall–Kier alpha value is -2.58. The van der Waals surface area contributed by atoms with Crippen LogP contribution in [0, 0.1) is 0 Å². The Kier molecular flexibility index (Phi) is 5.52. The largest absolute Gasteiger partial charge is 0.378 e. The summed E-state index contributed by atoms with van der Waals surface area (Å²) in [6, 6.07) is 7.12. The van der Waals surface area contributed by atoms with Crippen LogP contribution in [0.2, 0.25) is 5.02 Å². The number of hydrogen-bond acceptors (Lipinski definition) is 6. The number of morpholine rings is 1. The second kappa shape index (κ2) is 8.00. The van der Waals surface area contributed by atoms with Gasteiger partial charge in [-0.2, -0.15) is 4.98 Å². The highest BCUT2D eigenvalue weighted by atomic mass is 35.5. The van der Waals surface area contributed by atoms with Gasteiger partial charge in [0.15, 0.2) is 5.82 Å². The Bertz CT molecular complexity index is 751. The van der Waals surface area contributed by atoms with E-state index in [1.807, 2.05) is 18.2 Å². The number of halogens is 1. The summed E-state index contributed by atoms with van der Waals surface area (Å²) in [5, 5.41) is 9.41. The van der Waals surface area contributed by atoms with Crippen molar-refractivity contribution in [1.82, 2.24) is 14.9 Å². The quantitative estimate of drug-likeness (QED) is 0.774. The molecule has 0 spiro atoms. The van der Waals surface area contributed by atoms with Crippen molar-refractivity contribution < 1.29 is 9.53 Å². The second-order valence-corrected chi connectivity index (χ2v) is 5.75. The Labute approximate surface area is 150 Å². The molecule has 1 aromatic carbocycles. The standard InChI is InChI=1S/C16H19ClN6O2/c1-18-14-13(21-16(24)23-6-8-25-9-7-23)10-19-15(22-14)20-12-5-3-2-4-11(12)17/h2-5,10H,6-9H2,1H3,(H,21,24)(H2,18,19,20,22). The molecule has 1 fully saturated rings. The van der Waals surface area contributed by atoms with E-state index in [4.69, 9.17) is 16.3 Å². The predicted molar refractivity (Wildman–Crippen MR) is 97.7 cm³/mol. The Morgan fingerprint density at radius 1 is 1.24 bits per heavy atom. The number of para-hydroxylation sites is 1. The van der Waals surface area contributed by atoms with Crippen LogP contribution in [0.4, 0.5) is 27.9 Å². The summed E-state index contributed by atoms with van der Waals surface area (Å²) in [6.45, 7) is 2.22. The van der Waals surface area contributed by atoms with Crippen molar-refractivity contribution in [2.45, 2.75) is 0 Å². The van der Waals surface area contributed by atoms with Crippen LogP contribution in [0.25, 0.3) is 0 Å². The maximum Gasteiger partial charge on any atom is 0.322 e. The second-order valence-electron chi connectivity index (χ2n) is 5.34. The first kappa shape index (κ1) is 17.2. The number of benzene rings is 1. The van der Waals surface area contributed by atoms with Gasteiger partial charge in [0.05, 0.1) is 30.1 Å². The van der Waals surface area contributed by atoms with Crippen LogP contribution < -0.4 is 16.0 Å². The summed E-state index contributed by atoms with van der Waals surface area (Å²) in [4.78, 5) is 22.6. The molecule has 3 N–H and O–H groups in total. The molecular formula is C16H19ClN6O2. The van der Waals surface area contributed by atoms with Crippen molar-refractivity contribution in [3.63, 3.8) is 0 Å². The van der Waals surface area contributed by atoms with Crippen LogP contribution in [-0.2, 0) is 4.74 Å². The highest BCUT2D eigenvalue weighted by molar-refractivity contribution is 6.33. The lowest BCUT2D eigenvalue weighted by Crippen LogP contribution is -2.43. The van der Waals surface area contributed by atoms with Gasteiger partial charge < -0.3 is 25.6 Å². The molecule has 8 nitrogen and oxygen atoms in total. The molecule has 2 aromatic rings. The van der Waals surface area contributed by atoms with Gasteiger partial charge in [0, 0.05) is 20.1 Å². The molecule has 1 aliphatic heterocycles. The van der Waals surface area contributed by atoms with Crippen molar-refractivity contribution in [3.8, 4) is 0 Å². The monoisotopic (exact) mass is 362 g/mol. The summed E-state index contributed by atoms with van der Waals surface area (Å²) in [5.41, 5.74) is 1.21. The number of urea groups is 1. The van der Waals surface area contributed by atoms with E-state index in [1.165, 1.54) is 0 Å². The molecule has 0 saturated carbocycles. The average molecular weight is 363 g/mol. The number of nitrogens with one attached hydrogen (secondary N) is 3. The molecule has 2 heterocycles. The Morgan fingerprint density at radius 2 is 2.00 bits per heavy atom. The fraction of sp³-hybridized carbons (Fsp3) is 0.312. The molecule has 1 aromatic heterocycles. The van der Waals surface area contributed by atoms with Crippen molar-refractivity contribution in [3.05, 3.63) is 35.5 Å². The lowest BCUT2D eigenvalue weighted by Gasteiger charge is -2.27. The summed E-state index contributed by atoms with van der Waals surface area (Å²) < 4.78 is 5.25.